The van der Waals surface area contributed by atoms with Gasteiger partial charge in [0.25, 0.3) is 17.7 Å². The van der Waals surface area contributed by atoms with Gasteiger partial charge in [0, 0.05) is 22.4 Å². The van der Waals surface area contributed by atoms with Gasteiger partial charge < -0.3 is 0 Å². The van der Waals surface area contributed by atoms with E-state index in [0.717, 1.165) is 37.8 Å². The fourth-order valence-corrected chi connectivity index (χ4v) is 7.39. The van der Waals surface area contributed by atoms with Gasteiger partial charge in [0.2, 0.25) is 0 Å². The Bertz CT molecular complexity index is 1700. The maximum absolute atomic E-state index is 14.4. The monoisotopic (exact) mass is 594 g/mol. The molecule has 1 fully saturated rings. The summed E-state index contributed by atoms with van der Waals surface area (Å²) in [5.41, 5.74) is 5.41. The van der Waals surface area contributed by atoms with Gasteiger partial charge in [0.05, 0.1) is 22.4 Å². The second kappa shape index (κ2) is 9.93. The number of imide groups is 1. The number of benzene rings is 4. The summed E-state index contributed by atoms with van der Waals surface area (Å²) in [6.45, 7) is 1.38. The average molecular weight is 595 g/mol. The highest BCUT2D eigenvalue weighted by Gasteiger charge is 2.63. The Hall–Kier alpha value is -4.26. The van der Waals surface area contributed by atoms with Gasteiger partial charge in [0.1, 0.15) is 6.54 Å². The van der Waals surface area contributed by atoms with Crippen LogP contribution in [0, 0.1) is 18.8 Å². The zero-order chi connectivity index (χ0) is 29.3. The topological polar surface area (TPSA) is 74.8 Å². The van der Waals surface area contributed by atoms with Gasteiger partial charge in [-0.15, -0.1) is 0 Å². The first-order valence-electron chi connectivity index (χ1n) is 13.7. The highest BCUT2D eigenvalue weighted by molar-refractivity contribution is 6.36. The Morgan fingerprint density at radius 2 is 1.24 bits per heavy atom. The molecule has 1 aliphatic heterocycles. The summed E-state index contributed by atoms with van der Waals surface area (Å²) in [7, 11) is 0. The van der Waals surface area contributed by atoms with Crippen molar-refractivity contribution in [2.75, 3.05) is 6.54 Å². The maximum atomic E-state index is 14.4. The van der Waals surface area contributed by atoms with Crippen LogP contribution in [0.25, 0.3) is 0 Å². The standard InChI is InChI=1S/C34H24Cl2N2O4/c1-18-10-12-19(13-11-18)27(39)17-37(32(40)25-15-14-20(35)16-26(25)36)38-33(41)30-28-21-6-2-3-7-22(21)29(31(30)34(38)42)24-9-5-4-8-23(24)28/h2-16,28-31H,17H2,1H3/t28?,29?,30-,31-/m0/s1. The molecule has 0 saturated carbocycles. The lowest BCUT2D eigenvalue weighted by Gasteiger charge is -2.45. The third kappa shape index (κ3) is 3.93. The molecule has 1 heterocycles. The Kier molecular flexibility index (Phi) is 6.30. The molecule has 6 nitrogen and oxygen atoms in total. The first-order chi connectivity index (χ1) is 20.3. The fraction of sp³-hybridized carbons (Fsp3) is 0.176. The number of aryl methyl sites for hydroxylation is 1. The van der Waals surface area contributed by atoms with Crippen LogP contribution in [-0.4, -0.2) is 40.1 Å². The summed E-state index contributed by atoms with van der Waals surface area (Å²) >= 11 is 12.5. The molecule has 208 valence electrons. The van der Waals surface area contributed by atoms with Crippen molar-refractivity contribution in [1.29, 1.82) is 0 Å². The summed E-state index contributed by atoms with van der Waals surface area (Å²) in [4.78, 5) is 56.4. The van der Waals surface area contributed by atoms with Crippen LogP contribution < -0.4 is 0 Å². The van der Waals surface area contributed by atoms with Gasteiger partial charge in [-0.1, -0.05) is 102 Å². The first-order valence-corrected chi connectivity index (χ1v) is 14.4. The number of halogens is 2. The second-order valence-corrected chi connectivity index (χ2v) is 11.9. The lowest BCUT2D eigenvalue weighted by molar-refractivity contribution is -0.154. The second-order valence-electron chi connectivity index (χ2n) is 11.0. The van der Waals surface area contributed by atoms with Crippen molar-refractivity contribution in [3.05, 3.63) is 140 Å². The lowest BCUT2D eigenvalue weighted by atomic mass is 9.55. The Morgan fingerprint density at radius 1 is 0.738 bits per heavy atom. The quantitative estimate of drug-likeness (QED) is 0.197. The molecule has 2 atom stereocenters. The van der Waals surface area contributed by atoms with Crippen molar-refractivity contribution in [3.63, 3.8) is 0 Å². The van der Waals surface area contributed by atoms with E-state index in [0.29, 0.717) is 10.6 Å². The largest absolute Gasteiger partial charge is 0.292 e. The maximum Gasteiger partial charge on any atom is 0.274 e. The van der Waals surface area contributed by atoms with E-state index in [1.807, 2.05) is 55.5 Å². The molecule has 1 saturated heterocycles. The van der Waals surface area contributed by atoms with Crippen LogP contribution in [0.5, 0.6) is 0 Å². The summed E-state index contributed by atoms with van der Waals surface area (Å²) < 4.78 is 0. The van der Waals surface area contributed by atoms with Crippen LogP contribution in [0.1, 0.15) is 60.4 Å². The van der Waals surface area contributed by atoms with E-state index in [2.05, 4.69) is 0 Å². The molecule has 0 radical (unpaired) electrons. The number of ketones is 1. The number of nitrogens with zero attached hydrogens (tertiary/aromatic N) is 2. The number of carbonyl (C=O) groups is 4. The minimum Gasteiger partial charge on any atom is -0.292 e. The fourth-order valence-electron chi connectivity index (χ4n) is 6.90. The summed E-state index contributed by atoms with van der Waals surface area (Å²) in [6.07, 6.45) is 0. The molecule has 3 aliphatic carbocycles. The Labute approximate surface area is 252 Å². The Morgan fingerprint density at radius 3 is 1.71 bits per heavy atom. The van der Waals surface area contributed by atoms with Crippen molar-refractivity contribution in [2.45, 2.75) is 18.8 Å². The van der Waals surface area contributed by atoms with Gasteiger partial charge in [-0.05, 0) is 47.4 Å². The number of rotatable bonds is 5. The molecule has 4 aliphatic rings. The number of hydrazine groups is 1. The highest BCUT2D eigenvalue weighted by Crippen LogP contribution is 2.61. The molecule has 0 spiro atoms. The van der Waals surface area contributed by atoms with Crippen LogP contribution in [0.2, 0.25) is 10.0 Å². The van der Waals surface area contributed by atoms with Crippen molar-refractivity contribution >= 4 is 46.7 Å². The normalized spacial score (nSPS) is 21.5. The van der Waals surface area contributed by atoms with Crippen molar-refractivity contribution in [1.82, 2.24) is 10.0 Å². The van der Waals surface area contributed by atoms with E-state index in [-0.39, 0.29) is 22.4 Å². The molecule has 0 unspecified atom stereocenters. The minimum absolute atomic E-state index is 0.0304. The number of hydrogen-bond donors (Lipinski definition) is 0. The van der Waals surface area contributed by atoms with Crippen LogP contribution in [-0.2, 0) is 9.59 Å². The van der Waals surface area contributed by atoms with Crippen LogP contribution in [0.3, 0.4) is 0 Å². The predicted molar refractivity (Wildman–Crippen MR) is 158 cm³/mol. The van der Waals surface area contributed by atoms with Gasteiger partial charge in [0.15, 0.2) is 5.78 Å². The Balaban J connectivity index is 1.34. The van der Waals surface area contributed by atoms with E-state index in [4.69, 9.17) is 23.2 Å². The molecule has 2 bridgehead atoms. The van der Waals surface area contributed by atoms with Crippen LogP contribution in [0.4, 0.5) is 0 Å². The zero-order valence-electron chi connectivity index (χ0n) is 22.5. The molecule has 0 N–H and O–H groups in total. The predicted octanol–water partition coefficient (Wildman–Crippen LogP) is 6.43. The average Bonchev–Trinajstić information content (AvgIpc) is 3.25. The number of hydrogen-bond acceptors (Lipinski definition) is 4. The third-order valence-electron chi connectivity index (χ3n) is 8.73. The van der Waals surface area contributed by atoms with E-state index in [1.54, 1.807) is 24.3 Å². The molecule has 4 aromatic rings. The smallest absolute Gasteiger partial charge is 0.274 e. The first kappa shape index (κ1) is 26.6. The van der Waals surface area contributed by atoms with Gasteiger partial charge >= 0.3 is 0 Å². The molecule has 8 rings (SSSR count). The molecule has 42 heavy (non-hydrogen) atoms. The summed E-state index contributed by atoms with van der Waals surface area (Å²) in [5.74, 6) is -4.28. The summed E-state index contributed by atoms with van der Waals surface area (Å²) in [5, 5.41) is 2.25. The molecule has 0 aromatic heterocycles. The van der Waals surface area contributed by atoms with Gasteiger partial charge in [-0.3, -0.25) is 19.2 Å². The molecule has 4 aromatic carbocycles. The number of Topliss-reactive ketones (excluding diaryl/α,β-unsaturated/α-hetero) is 1. The van der Waals surface area contributed by atoms with E-state index in [1.165, 1.54) is 18.2 Å². The zero-order valence-corrected chi connectivity index (χ0v) is 24.0. The van der Waals surface area contributed by atoms with E-state index >= 15 is 0 Å². The van der Waals surface area contributed by atoms with Crippen LogP contribution >= 0.6 is 23.2 Å². The van der Waals surface area contributed by atoms with E-state index < -0.39 is 41.9 Å². The molecule has 8 heteroatoms. The van der Waals surface area contributed by atoms with Crippen molar-refractivity contribution in [2.24, 2.45) is 11.8 Å². The number of carbonyl (C=O) groups excluding carboxylic acids is 4. The van der Waals surface area contributed by atoms with Crippen LogP contribution in [0.15, 0.2) is 91.0 Å². The molecular weight excluding hydrogens is 571 g/mol. The third-order valence-corrected chi connectivity index (χ3v) is 9.28. The van der Waals surface area contributed by atoms with Gasteiger partial charge in [-0.2, -0.15) is 5.01 Å². The number of amides is 3. The van der Waals surface area contributed by atoms with Gasteiger partial charge in [-0.25, -0.2) is 5.01 Å². The van der Waals surface area contributed by atoms with Crippen molar-refractivity contribution in [3.8, 4) is 0 Å². The lowest BCUT2D eigenvalue weighted by Crippen LogP contribution is -2.52. The molecular formula is C34H24Cl2N2O4. The minimum atomic E-state index is -0.736. The SMILES string of the molecule is Cc1ccc(C(=O)CN(C(=O)c2ccc(Cl)cc2Cl)N2C(=O)[C@H]3C4c5ccccc5C(c5ccccc54)[C@@H]3C2=O)cc1. The summed E-state index contributed by atoms with van der Waals surface area (Å²) in [6, 6.07) is 27.1. The highest BCUT2D eigenvalue weighted by atomic mass is 35.5. The van der Waals surface area contributed by atoms with Crippen molar-refractivity contribution < 1.29 is 19.2 Å². The molecule has 3 amide bonds. The van der Waals surface area contributed by atoms with E-state index in [9.17, 15) is 19.2 Å².